The highest BCUT2D eigenvalue weighted by Gasteiger charge is 2.28. The molecule has 0 aromatic rings. The average molecular weight is 228 g/mol. The normalized spacial score (nSPS) is 20.9. The summed E-state index contributed by atoms with van der Waals surface area (Å²) >= 11 is 0. The van der Waals surface area contributed by atoms with E-state index in [4.69, 9.17) is 4.74 Å². The predicted molar refractivity (Wildman–Crippen MR) is 60.0 cm³/mol. The molecule has 1 saturated heterocycles. The number of hydrogen-bond acceptors (Lipinski definition) is 3. The third kappa shape index (κ3) is 4.08. The van der Waals surface area contributed by atoms with Gasteiger partial charge >= 0.3 is 6.09 Å². The molecule has 1 atom stereocenters. The maximum Gasteiger partial charge on any atom is 0.409 e. The number of carbonyl (C=O) groups is 2. The summed E-state index contributed by atoms with van der Waals surface area (Å²) < 4.78 is 5.06. The lowest BCUT2D eigenvalue weighted by molar-refractivity contribution is -0.123. The first-order valence-corrected chi connectivity index (χ1v) is 5.51. The van der Waals surface area contributed by atoms with Crippen molar-refractivity contribution in [2.75, 3.05) is 13.6 Å². The van der Waals surface area contributed by atoms with Crippen molar-refractivity contribution in [2.24, 2.45) is 0 Å². The molecular formula is C11H20N2O3. The van der Waals surface area contributed by atoms with Gasteiger partial charge in [0.1, 0.15) is 6.10 Å². The molecule has 5 heteroatoms. The monoisotopic (exact) mass is 228 g/mol. The van der Waals surface area contributed by atoms with Crippen LogP contribution in [0.15, 0.2) is 0 Å². The number of nitrogens with zero attached hydrogens (tertiary/aromatic N) is 1. The van der Waals surface area contributed by atoms with Gasteiger partial charge in [0.2, 0.25) is 5.91 Å². The van der Waals surface area contributed by atoms with Crippen LogP contribution in [0.2, 0.25) is 0 Å². The van der Waals surface area contributed by atoms with Crippen molar-refractivity contribution in [1.29, 1.82) is 0 Å². The second kappa shape index (κ2) is 4.72. The van der Waals surface area contributed by atoms with E-state index in [2.05, 4.69) is 5.32 Å². The molecule has 0 spiro atoms. The van der Waals surface area contributed by atoms with Crippen molar-refractivity contribution in [3.05, 3.63) is 0 Å². The Morgan fingerprint density at radius 2 is 2.19 bits per heavy atom. The Balaban J connectivity index is 2.26. The molecule has 0 bridgehead atoms. The van der Waals surface area contributed by atoms with E-state index < -0.39 is 0 Å². The molecular weight excluding hydrogens is 208 g/mol. The number of hydrogen-bond donors (Lipinski definition) is 1. The van der Waals surface area contributed by atoms with E-state index in [1.165, 1.54) is 4.90 Å². The minimum absolute atomic E-state index is 0.00176. The molecule has 0 radical (unpaired) electrons. The lowest BCUT2D eigenvalue weighted by atomic mass is 10.1. The van der Waals surface area contributed by atoms with Crippen molar-refractivity contribution in [3.8, 4) is 0 Å². The highest BCUT2D eigenvalue weighted by Crippen LogP contribution is 2.13. The van der Waals surface area contributed by atoms with Gasteiger partial charge in [0.05, 0.1) is 6.54 Å². The largest absolute Gasteiger partial charge is 0.444 e. The number of cyclic esters (lactones) is 1. The Labute approximate surface area is 96.1 Å². The van der Waals surface area contributed by atoms with Crippen molar-refractivity contribution in [2.45, 2.75) is 45.3 Å². The van der Waals surface area contributed by atoms with Gasteiger partial charge < -0.3 is 15.0 Å². The molecule has 0 aliphatic carbocycles. The fourth-order valence-corrected chi connectivity index (χ4v) is 1.57. The van der Waals surface area contributed by atoms with Gasteiger partial charge in [-0.1, -0.05) is 0 Å². The van der Waals surface area contributed by atoms with Crippen LogP contribution in [0.25, 0.3) is 0 Å². The predicted octanol–water partition coefficient (Wildman–Crippen LogP) is 1.13. The number of nitrogens with one attached hydrogen (secondary N) is 1. The van der Waals surface area contributed by atoms with E-state index in [0.29, 0.717) is 19.4 Å². The second-order valence-electron chi connectivity index (χ2n) is 5.22. The molecule has 0 saturated carbocycles. The molecule has 1 heterocycles. The lowest BCUT2D eigenvalue weighted by Crippen LogP contribution is -2.40. The van der Waals surface area contributed by atoms with Crippen LogP contribution in [-0.2, 0) is 9.53 Å². The number of rotatable bonds is 3. The highest BCUT2D eigenvalue weighted by atomic mass is 16.6. The molecule has 16 heavy (non-hydrogen) atoms. The standard InChI is InChI=1S/C11H20N2O3/c1-11(2,3)12-9(14)6-5-8-7-13(4)10(15)16-8/h8H,5-7H2,1-4H3,(H,12,14). The maximum atomic E-state index is 11.5. The zero-order chi connectivity index (χ0) is 12.3. The van der Waals surface area contributed by atoms with E-state index in [1.807, 2.05) is 20.8 Å². The van der Waals surface area contributed by atoms with Crippen molar-refractivity contribution >= 4 is 12.0 Å². The fourth-order valence-electron chi connectivity index (χ4n) is 1.57. The number of ether oxygens (including phenoxy) is 1. The lowest BCUT2D eigenvalue weighted by Gasteiger charge is -2.20. The SMILES string of the molecule is CN1CC(CCC(=O)NC(C)(C)C)OC1=O. The Hall–Kier alpha value is -1.26. The molecule has 1 unspecified atom stereocenters. The zero-order valence-corrected chi connectivity index (χ0v) is 10.4. The first kappa shape index (κ1) is 12.8. The zero-order valence-electron chi connectivity index (χ0n) is 10.4. The van der Waals surface area contributed by atoms with Crippen molar-refractivity contribution in [1.82, 2.24) is 10.2 Å². The molecule has 0 aromatic carbocycles. The van der Waals surface area contributed by atoms with Gasteiger partial charge in [0.15, 0.2) is 0 Å². The summed E-state index contributed by atoms with van der Waals surface area (Å²) in [5.41, 5.74) is -0.208. The summed E-state index contributed by atoms with van der Waals surface area (Å²) in [6.45, 7) is 6.39. The summed E-state index contributed by atoms with van der Waals surface area (Å²) in [6, 6.07) is 0. The maximum absolute atomic E-state index is 11.5. The van der Waals surface area contributed by atoms with E-state index >= 15 is 0 Å². The van der Waals surface area contributed by atoms with Crippen LogP contribution in [0.5, 0.6) is 0 Å². The second-order valence-corrected chi connectivity index (χ2v) is 5.22. The molecule has 2 amide bonds. The minimum Gasteiger partial charge on any atom is -0.444 e. The van der Waals surface area contributed by atoms with Gasteiger partial charge in [0.25, 0.3) is 0 Å². The Morgan fingerprint density at radius 1 is 1.56 bits per heavy atom. The molecule has 1 aliphatic heterocycles. The molecule has 1 aliphatic rings. The first-order valence-electron chi connectivity index (χ1n) is 5.51. The van der Waals surface area contributed by atoms with Gasteiger partial charge in [-0.25, -0.2) is 4.79 Å². The van der Waals surface area contributed by atoms with Gasteiger partial charge in [-0.15, -0.1) is 0 Å². The van der Waals surface area contributed by atoms with Gasteiger partial charge in [-0.2, -0.15) is 0 Å². The van der Waals surface area contributed by atoms with Crippen molar-refractivity contribution in [3.63, 3.8) is 0 Å². The van der Waals surface area contributed by atoms with E-state index in [0.717, 1.165) is 0 Å². The highest BCUT2D eigenvalue weighted by molar-refractivity contribution is 5.76. The van der Waals surface area contributed by atoms with Crippen LogP contribution in [-0.4, -0.2) is 42.1 Å². The third-order valence-corrected chi connectivity index (χ3v) is 2.26. The fraction of sp³-hybridized carbons (Fsp3) is 0.818. The third-order valence-electron chi connectivity index (χ3n) is 2.26. The Bertz CT molecular complexity index is 283. The summed E-state index contributed by atoms with van der Waals surface area (Å²) in [5, 5.41) is 2.87. The molecule has 1 rings (SSSR count). The summed E-state index contributed by atoms with van der Waals surface area (Å²) in [6.07, 6.45) is 0.519. The molecule has 1 N–H and O–H groups in total. The van der Waals surface area contributed by atoms with Crippen LogP contribution in [0, 0.1) is 0 Å². The smallest absolute Gasteiger partial charge is 0.409 e. The van der Waals surface area contributed by atoms with Crippen LogP contribution in [0.3, 0.4) is 0 Å². The van der Waals surface area contributed by atoms with Crippen LogP contribution in [0.1, 0.15) is 33.6 Å². The van der Waals surface area contributed by atoms with Crippen molar-refractivity contribution < 1.29 is 14.3 Å². The number of likely N-dealkylation sites (N-methyl/N-ethyl adjacent to an activating group) is 1. The topological polar surface area (TPSA) is 58.6 Å². The average Bonchev–Trinajstić information content (AvgIpc) is 2.40. The van der Waals surface area contributed by atoms with E-state index in [-0.39, 0.29) is 23.6 Å². The Morgan fingerprint density at radius 3 is 2.62 bits per heavy atom. The van der Waals surface area contributed by atoms with Gasteiger partial charge in [-0.05, 0) is 27.2 Å². The molecule has 5 nitrogen and oxygen atoms in total. The summed E-state index contributed by atoms with van der Waals surface area (Å²) in [4.78, 5) is 24.1. The summed E-state index contributed by atoms with van der Waals surface area (Å²) in [7, 11) is 1.69. The number of amides is 2. The Kier molecular flexibility index (Phi) is 3.78. The molecule has 0 aromatic heterocycles. The van der Waals surface area contributed by atoms with Gasteiger partial charge in [-0.3, -0.25) is 4.79 Å². The molecule has 1 fully saturated rings. The van der Waals surface area contributed by atoms with Gasteiger partial charge in [0, 0.05) is 19.0 Å². The van der Waals surface area contributed by atoms with Crippen LogP contribution in [0.4, 0.5) is 4.79 Å². The van der Waals surface area contributed by atoms with E-state index in [9.17, 15) is 9.59 Å². The quantitative estimate of drug-likeness (QED) is 0.787. The minimum atomic E-state index is -0.304. The van der Waals surface area contributed by atoms with E-state index in [1.54, 1.807) is 7.05 Å². The number of carbonyl (C=O) groups excluding carboxylic acids is 2. The van der Waals surface area contributed by atoms with Crippen LogP contribution < -0.4 is 5.32 Å². The first-order chi connectivity index (χ1) is 7.28. The molecule has 92 valence electrons. The van der Waals surface area contributed by atoms with Crippen LogP contribution >= 0.6 is 0 Å². The summed E-state index contributed by atoms with van der Waals surface area (Å²) in [5.74, 6) is -0.00176.